The highest BCUT2D eigenvalue weighted by Crippen LogP contribution is 2.16. The van der Waals surface area contributed by atoms with Crippen molar-refractivity contribution < 1.29 is 17.2 Å². The highest BCUT2D eigenvalue weighted by molar-refractivity contribution is 7.89. The molecule has 0 spiro atoms. The first-order chi connectivity index (χ1) is 8.87. The van der Waals surface area contributed by atoms with Crippen LogP contribution in [0.5, 0.6) is 0 Å². The first-order valence-electron chi connectivity index (χ1n) is 5.92. The van der Waals surface area contributed by atoms with E-state index in [0.717, 1.165) is 19.2 Å². The monoisotopic (exact) mass is 292 g/mol. The second kappa shape index (κ2) is 6.93. The molecule has 108 valence electrons. The summed E-state index contributed by atoms with van der Waals surface area (Å²) in [7, 11) is -2.70. The molecule has 0 saturated heterocycles. The molecule has 7 heteroatoms. The smallest absolute Gasteiger partial charge is 0.252 e. The predicted octanol–water partition coefficient (Wildman–Crippen LogP) is 1.68. The van der Waals surface area contributed by atoms with E-state index in [2.05, 4.69) is 5.32 Å². The van der Waals surface area contributed by atoms with E-state index in [1.165, 1.54) is 12.1 Å². The number of sulfonamides is 1. The van der Waals surface area contributed by atoms with E-state index in [1.54, 1.807) is 12.1 Å². The molecule has 0 saturated carbocycles. The Bertz CT molecular complexity index is 506. The van der Waals surface area contributed by atoms with Gasteiger partial charge in [0.05, 0.1) is 11.4 Å². The highest BCUT2D eigenvalue weighted by Gasteiger charge is 2.23. The quantitative estimate of drug-likeness (QED) is 0.832. The van der Waals surface area contributed by atoms with Crippen molar-refractivity contribution >= 4 is 10.0 Å². The van der Waals surface area contributed by atoms with E-state index in [-0.39, 0.29) is 4.90 Å². The fraction of sp³-hybridized carbons (Fsp3) is 0.500. The SMILES string of the molecule is CCNCc1cccc(S(=O)(=O)N(C)CC(F)F)c1. The van der Waals surface area contributed by atoms with Crippen LogP contribution in [0.15, 0.2) is 29.2 Å². The third kappa shape index (κ3) is 4.52. The predicted molar refractivity (Wildman–Crippen MR) is 69.6 cm³/mol. The fourth-order valence-electron chi connectivity index (χ4n) is 1.56. The zero-order valence-corrected chi connectivity index (χ0v) is 11.8. The third-order valence-electron chi connectivity index (χ3n) is 2.58. The molecular formula is C12H18F2N2O2S. The normalized spacial score (nSPS) is 12.3. The molecule has 0 aliphatic heterocycles. The zero-order chi connectivity index (χ0) is 14.5. The summed E-state index contributed by atoms with van der Waals surface area (Å²) in [4.78, 5) is 0.0334. The van der Waals surface area contributed by atoms with Gasteiger partial charge < -0.3 is 5.32 Å². The number of rotatable bonds is 7. The van der Waals surface area contributed by atoms with E-state index in [1.807, 2.05) is 6.92 Å². The van der Waals surface area contributed by atoms with Crippen molar-refractivity contribution in [3.63, 3.8) is 0 Å². The third-order valence-corrected chi connectivity index (χ3v) is 4.40. The maximum absolute atomic E-state index is 12.3. The minimum atomic E-state index is -3.86. The van der Waals surface area contributed by atoms with E-state index in [9.17, 15) is 17.2 Å². The van der Waals surface area contributed by atoms with Crippen LogP contribution in [0.3, 0.4) is 0 Å². The van der Waals surface area contributed by atoms with E-state index in [4.69, 9.17) is 0 Å². The molecule has 1 aromatic carbocycles. The largest absolute Gasteiger partial charge is 0.313 e. The number of hydrogen-bond donors (Lipinski definition) is 1. The van der Waals surface area contributed by atoms with Gasteiger partial charge in [-0.15, -0.1) is 0 Å². The summed E-state index contributed by atoms with van der Waals surface area (Å²) in [5.41, 5.74) is 0.799. The number of hydrogen-bond acceptors (Lipinski definition) is 3. The molecule has 0 atom stereocenters. The van der Waals surface area contributed by atoms with Gasteiger partial charge in [0.1, 0.15) is 0 Å². The van der Waals surface area contributed by atoms with Gasteiger partial charge in [0, 0.05) is 13.6 Å². The van der Waals surface area contributed by atoms with Gasteiger partial charge in [-0.25, -0.2) is 17.2 Å². The van der Waals surface area contributed by atoms with Crippen LogP contribution < -0.4 is 5.32 Å². The summed E-state index contributed by atoms with van der Waals surface area (Å²) < 4.78 is 49.3. The molecule has 1 aromatic rings. The van der Waals surface area contributed by atoms with Crippen LogP contribution in [0.4, 0.5) is 8.78 Å². The van der Waals surface area contributed by atoms with Gasteiger partial charge >= 0.3 is 0 Å². The van der Waals surface area contributed by atoms with Crippen molar-refractivity contribution in [3.05, 3.63) is 29.8 Å². The number of halogens is 2. The van der Waals surface area contributed by atoms with Gasteiger partial charge in [-0.3, -0.25) is 0 Å². The number of nitrogens with one attached hydrogen (secondary N) is 1. The van der Waals surface area contributed by atoms with Crippen LogP contribution in [0.1, 0.15) is 12.5 Å². The molecule has 4 nitrogen and oxygen atoms in total. The topological polar surface area (TPSA) is 49.4 Å². The van der Waals surface area contributed by atoms with Crippen molar-refractivity contribution in [2.75, 3.05) is 20.1 Å². The molecular weight excluding hydrogens is 274 g/mol. The molecule has 0 aliphatic carbocycles. The van der Waals surface area contributed by atoms with E-state index in [0.29, 0.717) is 10.8 Å². The standard InChI is InChI=1S/C12H18F2N2O2S/c1-3-15-8-10-5-4-6-11(7-10)19(17,18)16(2)9-12(13)14/h4-7,12,15H,3,8-9H2,1-2H3. The first kappa shape index (κ1) is 16.0. The Kier molecular flexibility index (Phi) is 5.84. The van der Waals surface area contributed by atoms with Gasteiger partial charge in [-0.1, -0.05) is 19.1 Å². The molecule has 0 aliphatic rings. The van der Waals surface area contributed by atoms with Crippen LogP contribution >= 0.6 is 0 Å². The minimum Gasteiger partial charge on any atom is -0.313 e. The summed E-state index contributed by atoms with van der Waals surface area (Å²) in [5.74, 6) is 0. The summed E-state index contributed by atoms with van der Waals surface area (Å²) in [6.45, 7) is 2.44. The van der Waals surface area contributed by atoms with Gasteiger partial charge in [0.15, 0.2) is 0 Å². The number of alkyl halides is 2. The Hall–Kier alpha value is -1.05. The molecule has 0 fully saturated rings. The molecule has 0 amide bonds. The van der Waals surface area contributed by atoms with Crippen LogP contribution in [0.2, 0.25) is 0 Å². The van der Waals surface area contributed by atoms with Gasteiger partial charge in [0.25, 0.3) is 6.43 Å². The highest BCUT2D eigenvalue weighted by atomic mass is 32.2. The lowest BCUT2D eigenvalue weighted by Crippen LogP contribution is -2.31. The average molecular weight is 292 g/mol. The van der Waals surface area contributed by atoms with Crippen LogP contribution in [-0.2, 0) is 16.6 Å². The fourth-order valence-corrected chi connectivity index (χ4v) is 2.78. The van der Waals surface area contributed by atoms with Crippen molar-refractivity contribution in [2.45, 2.75) is 24.8 Å². The van der Waals surface area contributed by atoms with Crippen molar-refractivity contribution in [1.82, 2.24) is 9.62 Å². The van der Waals surface area contributed by atoms with Crippen molar-refractivity contribution in [1.29, 1.82) is 0 Å². The maximum atomic E-state index is 12.3. The lowest BCUT2D eigenvalue weighted by atomic mass is 10.2. The van der Waals surface area contributed by atoms with Gasteiger partial charge in [-0.2, -0.15) is 4.31 Å². The summed E-state index contributed by atoms with van der Waals surface area (Å²) >= 11 is 0. The Morgan fingerprint density at radius 1 is 1.37 bits per heavy atom. The van der Waals surface area contributed by atoms with Crippen LogP contribution in [-0.4, -0.2) is 39.3 Å². The Labute approximate surface area is 112 Å². The Balaban J connectivity index is 2.94. The molecule has 0 unspecified atom stereocenters. The van der Waals surface area contributed by atoms with Crippen LogP contribution in [0.25, 0.3) is 0 Å². The maximum Gasteiger partial charge on any atom is 0.252 e. The lowest BCUT2D eigenvalue weighted by Gasteiger charge is -2.17. The molecule has 0 radical (unpaired) electrons. The van der Waals surface area contributed by atoms with E-state index < -0.39 is 23.0 Å². The second-order valence-electron chi connectivity index (χ2n) is 4.10. The van der Waals surface area contributed by atoms with Crippen molar-refractivity contribution in [2.24, 2.45) is 0 Å². The Morgan fingerprint density at radius 2 is 2.05 bits per heavy atom. The molecule has 0 bridgehead atoms. The van der Waals surface area contributed by atoms with E-state index >= 15 is 0 Å². The van der Waals surface area contributed by atoms with Crippen LogP contribution in [0, 0.1) is 0 Å². The molecule has 1 N–H and O–H groups in total. The molecule has 1 rings (SSSR count). The minimum absolute atomic E-state index is 0.0334. The average Bonchev–Trinajstić information content (AvgIpc) is 2.35. The number of benzene rings is 1. The summed E-state index contributed by atoms with van der Waals surface area (Å²) in [5, 5.41) is 3.08. The summed E-state index contributed by atoms with van der Waals surface area (Å²) in [6.07, 6.45) is -2.69. The second-order valence-corrected chi connectivity index (χ2v) is 6.15. The van der Waals surface area contributed by atoms with Crippen molar-refractivity contribution in [3.8, 4) is 0 Å². The summed E-state index contributed by atoms with van der Waals surface area (Å²) in [6, 6.07) is 6.30. The first-order valence-corrected chi connectivity index (χ1v) is 7.36. The lowest BCUT2D eigenvalue weighted by molar-refractivity contribution is 0.126. The number of nitrogens with zero attached hydrogens (tertiary/aromatic N) is 1. The molecule has 0 aromatic heterocycles. The molecule has 0 heterocycles. The van der Waals surface area contributed by atoms with Gasteiger partial charge in [0.2, 0.25) is 10.0 Å². The molecule has 19 heavy (non-hydrogen) atoms. The van der Waals surface area contributed by atoms with Gasteiger partial charge in [-0.05, 0) is 24.2 Å². The Morgan fingerprint density at radius 3 is 2.63 bits per heavy atom. The zero-order valence-electron chi connectivity index (χ0n) is 10.9.